The van der Waals surface area contributed by atoms with Crippen molar-refractivity contribution in [1.82, 2.24) is 4.58 Å². The summed E-state index contributed by atoms with van der Waals surface area (Å²) < 4.78 is 15.2. The SMILES string of the molecule is CCCN(CSc1ccccc1)c1ccc2c(-c3ccccc3S(CC)(CC)ON=O)c3cc/c(=[N+](\CCC)CSc4ccccc4)cc-3oc2c1. The van der Waals surface area contributed by atoms with E-state index in [1.807, 2.05) is 29.6 Å². The lowest BCUT2D eigenvalue weighted by Crippen LogP contribution is -2.30. The highest BCUT2D eigenvalue weighted by molar-refractivity contribution is 8.29. The molecule has 1 aliphatic carbocycles. The molecule has 9 heteroatoms. The normalized spacial score (nSPS) is 12.5. The molecular weight excluding hydrogens is 703 g/mol. The van der Waals surface area contributed by atoms with Crippen molar-refractivity contribution in [3.05, 3.63) is 132 Å². The lowest BCUT2D eigenvalue weighted by Gasteiger charge is -2.35. The highest BCUT2D eigenvalue weighted by Crippen LogP contribution is 2.60. The van der Waals surface area contributed by atoms with Crippen LogP contribution in [0.25, 0.3) is 33.4 Å². The molecule has 1 aliphatic heterocycles. The van der Waals surface area contributed by atoms with Gasteiger partial charge in [0.2, 0.25) is 5.36 Å². The molecule has 0 amide bonds. The molecule has 52 heavy (non-hydrogen) atoms. The van der Waals surface area contributed by atoms with Crippen molar-refractivity contribution in [3.8, 4) is 22.5 Å². The first-order valence-electron chi connectivity index (χ1n) is 18.1. The molecule has 0 spiro atoms. The van der Waals surface area contributed by atoms with Crippen LogP contribution in [0.5, 0.6) is 0 Å². The summed E-state index contributed by atoms with van der Waals surface area (Å²) in [5.41, 5.74) is 5.10. The Morgan fingerprint density at radius 2 is 1.44 bits per heavy atom. The zero-order chi connectivity index (χ0) is 36.3. The number of fused-ring (bicyclic) bond motifs is 2. The first kappa shape index (κ1) is 37.6. The smallest absolute Gasteiger partial charge is 0.204 e. The topological polar surface area (TPSA) is 58.0 Å². The largest absolute Gasteiger partial charge is 0.456 e. The summed E-state index contributed by atoms with van der Waals surface area (Å²) in [7, 11) is -1.97. The quantitative estimate of drug-likeness (QED) is 0.0231. The number of thioether (sulfide) groups is 2. The predicted molar refractivity (Wildman–Crippen MR) is 224 cm³/mol. The van der Waals surface area contributed by atoms with Gasteiger partial charge in [-0.2, -0.15) is 0 Å². The van der Waals surface area contributed by atoms with Crippen LogP contribution in [0.3, 0.4) is 0 Å². The van der Waals surface area contributed by atoms with Crippen LogP contribution in [-0.2, 0) is 4.28 Å². The Balaban J connectivity index is 1.56. The van der Waals surface area contributed by atoms with E-state index in [4.69, 9.17) is 8.70 Å². The van der Waals surface area contributed by atoms with Crippen molar-refractivity contribution < 1.29 is 8.70 Å². The van der Waals surface area contributed by atoms with Gasteiger partial charge in [0.25, 0.3) is 0 Å². The van der Waals surface area contributed by atoms with Crippen LogP contribution < -0.4 is 14.8 Å². The number of rotatable bonds is 17. The van der Waals surface area contributed by atoms with Crippen molar-refractivity contribution in [2.75, 3.05) is 41.2 Å². The molecule has 0 unspecified atom stereocenters. The molecule has 0 bridgehead atoms. The van der Waals surface area contributed by atoms with Gasteiger partial charge in [-0.15, -0.1) is 16.7 Å². The molecule has 0 saturated carbocycles. The maximum Gasteiger partial charge on any atom is 0.204 e. The molecule has 0 N–H and O–H groups in total. The van der Waals surface area contributed by atoms with E-state index in [0.29, 0.717) is 11.5 Å². The van der Waals surface area contributed by atoms with Crippen LogP contribution >= 0.6 is 33.8 Å². The van der Waals surface area contributed by atoms with Crippen molar-refractivity contribution in [2.24, 2.45) is 5.34 Å². The van der Waals surface area contributed by atoms with E-state index in [2.05, 4.69) is 158 Å². The van der Waals surface area contributed by atoms with Gasteiger partial charge in [0, 0.05) is 73.5 Å². The second kappa shape index (κ2) is 18.0. The molecule has 2 aliphatic rings. The molecule has 4 aromatic carbocycles. The molecular formula is C43H48N3O3S3+. The Morgan fingerprint density at radius 1 is 0.750 bits per heavy atom. The van der Waals surface area contributed by atoms with Crippen molar-refractivity contribution in [2.45, 2.75) is 55.2 Å². The van der Waals surface area contributed by atoms with E-state index in [-0.39, 0.29) is 0 Å². The lowest BCUT2D eigenvalue weighted by atomic mass is 9.93. The highest BCUT2D eigenvalue weighted by Gasteiger charge is 2.31. The maximum absolute atomic E-state index is 11.7. The Bertz CT molecular complexity index is 2120. The molecule has 0 saturated heterocycles. The zero-order valence-corrected chi connectivity index (χ0v) is 32.9. The first-order valence-corrected chi connectivity index (χ1v) is 22.0. The molecule has 1 heterocycles. The average molecular weight is 751 g/mol. The summed E-state index contributed by atoms with van der Waals surface area (Å²) in [6, 6.07) is 42.8. The first-order chi connectivity index (χ1) is 25.5. The standard InChI is InChI=1S/C43H48N3O3S3/c1-5-27-45(31-50-35-17-11-9-12-18-35)33-23-25-37-40(29-33)48-41-30-34(46(28-6-2)32-51-36-19-13-10-14-20-36)24-26-38(41)43(37)39-21-15-16-22-42(39)52(7-3,8-4)49-44-47/h9-26,29-30H,5-8,27-28,31-32H2,1-4H3/q+1. The molecule has 0 fully saturated rings. The molecule has 270 valence electrons. The van der Waals surface area contributed by atoms with E-state index in [9.17, 15) is 4.91 Å². The van der Waals surface area contributed by atoms with Crippen LogP contribution in [0, 0.1) is 4.91 Å². The van der Waals surface area contributed by atoms with Crippen molar-refractivity contribution in [1.29, 1.82) is 0 Å². The number of anilines is 1. The summed E-state index contributed by atoms with van der Waals surface area (Å²) in [5.74, 6) is 3.85. The van der Waals surface area contributed by atoms with Crippen molar-refractivity contribution >= 4 is 50.5 Å². The third-order valence-corrected chi connectivity index (χ3v) is 14.8. The molecule has 6 nitrogen and oxygen atoms in total. The van der Waals surface area contributed by atoms with E-state index in [0.717, 1.165) is 87.0 Å². The predicted octanol–water partition coefficient (Wildman–Crippen LogP) is 11.9. The number of hydrogen-bond donors (Lipinski definition) is 0. The van der Waals surface area contributed by atoms with Gasteiger partial charge < -0.3 is 13.6 Å². The van der Waals surface area contributed by atoms with Gasteiger partial charge in [-0.25, -0.2) is 4.58 Å². The number of hydrogen-bond acceptors (Lipinski definition) is 7. The second-order valence-corrected chi connectivity index (χ2v) is 18.0. The third kappa shape index (κ3) is 8.38. The van der Waals surface area contributed by atoms with Gasteiger partial charge in [0.15, 0.2) is 11.2 Å². The minimum absolute atomic E-state index is 0.684. The Labute approximate surface area is 318 Å². The molecule has 4 aromatic rings. The average Bonchev–Trinajstić information content (AvgIpc) is 3.19. The fourth-order valence-corrected chi connectivity index (χ4v) is 10.9. The fraction of sp³-hybridized carbons (Fsp3) is 0.279. The van der Waals surface area contributed by atoms with E-state index < -0.39 is 10.3 Å². The Morgan fingerprint density at radius 3 is 2.12 bits per heavy atom. The summed E-state index contributed by atoms with van der Waals surface area (Å²) >= 11 is 3.68. The van der Waals surface area contributed by atoms with Crippen LogP contribution in [0.15, 0.2) is 146 Å². The molecule has 0 aromatic heterocycles. The van der Waals surface area contributed by atoms with Crippen LogP contribution in [-0.4, -0.2) is 36.3 Å². The van der Waals surface area contributed by atoms with Gasteiger partial charge in [0.05, 0.1) is 11.9 Å². The van der Waals surface area contributed by atoms with Gasteiger partial charge in [-0.1, -0.05) is 94.1 Å². The van der Waals surface area contributed by atoms with Gasteiger partial charge >= 0.3 is 0 Å². The summed E-state index contributed by atoms with van der Waals surface area (Å²) in [4.78, 5) is 17.7. The highest BCUT2D eigenvalue weighted by atomic mass is 32.3. The monoisotopic (exact) mass is 750 g/mol. The van der Waals surface area contributed by atoms with E-state index >= 15 is 0 Å². The van der Waals surface area contributed by atoms with Crippen LogP contribution in [0.2, 0.25) is 0 Å². The van der Waals surface area contributed by atoms with E-state index in [1.54, 1.807) is 0 Å². The third-order valence-electron chi connectivity index (χ3n) is 9.33. The minimum Gasteiger partial charge on any atom is -0.456 e. The lowest BCUT2D eigenvalue weighted by molar-refractivity contribution is 0.377. The molecule has 0 radical (unpaired) electrons. The molecule has 6 rings (SSSR count). The summed E-state index contributed by atoms with van der Waals surface area (Å²) in [6.07, 6.45) is 2.06. The fourth-order valence-electron chi connectivity index (χ4n) is 6.68. The Kier molecular flexibility index (Phi) is 13.0. The van der Waals surface area contributed by atoms with Crippen molar-refractivity contribution in [3.63, 3.8) is 0 Å². The van der Waals surface area contributed by atoms with Gasteiger partial charge in [-0.3, -0.25) is 0 Å². The number of nitrogens with zero attached hydrogens (tertiary/aromatic N) is 3. The van der Waals surface area contributed by atoms with Crippen LogP contribution in [0.1, 0.15) is 40.5 Å². The molecule has 0 atom stereocenters. The minimum atomic E-state index is -1.97. The summed E-state index contributed by atoms with van der Waals surface area (Å²) in [5, 5.41) is 5.16. The van der Waals surface area contributed by atoms with Gasteiger partial charge in [-0.05, 0) is 70.8 Å². The number of benzene rings is 5. The van der Waals surface area contributed by atoms with Gasteiger partial charge in [0.1, 0.15) is 17.9 Å². The summed E-state index contributed by atoms with van der Waals surface area (Å²) in [6.45, 7) is 10.5. The van der Waals surface area contributed by atoms with E-state index in [1.165, 1.54) is 9.79 Å². The van der Waals surface area contributed by atoms with Crippen LogP contribution in [0.4, 0.5) is 5.69 Å². The Hall–Kier alpha value is -4.18. The maximum atomic E-state index is 11.7. The zero-order valence-electron chi connectivity index (χ0n) is 30.5. The second-order valence-electron chi connectivity index (χ2n) is 12.6.